The average Bonchev–Trinajstić information content (AvgIpc) is 2.31. The summed E-state index contributed by atoms with van der Waals surface area (Å²) in [4.78, 5) is 11.4. The lowest BCUT2D eigenvalue weighted by Gasteiger charge is -1.85. The van der Waals surface area contributed by atoms with E-state index < -0.39 is 0 Å². The molecule has 0 saturated carbocycles. The van der Waals surface area contributed by atoms with E-state index in [4.69, 9.17) is 0 Å². The fourth-order valence-corrected chi connectivity index (χ4v) is 2.37. The van der Waals surface area contributed by atoms with Crippen molar-refractivity contribution in [3.05, 3.63) is 20.5 Å². The first-order valence-corrected chi connectivity index (χ1v) is 5.42. The van der Waals surface area contributed by atoms with Gasteiger partial charge in [0.05, 0.1) is 14.7 Å². The smallest absolute Gasteiger partial charge is 0.191 e. The molecule has 0 aromatic carbocycles. The summed E-state index contributed by atoms with van der Waals surface area (Å²) in [6.45, 7) is 0. The molecule has 1 rings (SSSR count). The molecule has 0 saturated heterocycles. The van der Waals surface area contributed by atoms with Crippen LogP contribution in [0.25, 0.3) is 0 Å². The van der Waals surface area contributed by atoms with E-state index in [9.17, 15) is 9.18 Å². The van der Waals surface area contributed by atoms with Gasteiger partial charge in [-0.25, -0.2) is 0 Å². The van der Waals surface area contributed by atoms with Gasteiger partial charge in [0.1, 0.15) is 0 Å². The molecule has 1 nitrogen and oxygen atoms in total. The minimum absolute atomic E-state index is 0.0976. The number of alkyl halides is 1. The maximum atomic E-state index is 12.6. The molecule has 11 heavy (non-hydrogen) atoms. The zero-order valence-corrected chi connectivity index (χ0v) is 9.22. The summed E-state index contributed by atoms with van der Waals surface area (Å²) in [7, 11) is 0. The number of carbonyl (C=O) groups is 1. The summed E-state index contributed by atoms with van der Waals surface area (Å²) in [5.41, 5.74) is 0. The molecule has 0 bridgehead atoms. The van der Waals surface area contributed by atoms with Crippen LogP contribution in [0, 0.1) is 5.13 Å². The van der Waals surface area contributed by atoms with E-state index in [1.807, 2.05) is 0 Å². The molecule has 0 aliphatic carbocycles. The highest BCUT2D eigenvalue weighted by molar-refractivity contribution is 9.10. The molecule has 1 heterocycles. The third kappa shape index (κ3) is 2.10. The van der Waals surface area contributed by atoms with Crippen LogP contribution in [0.4, 0.5) is 4.39 Å². The maximum Gasteiger partial charge on any atom is 0.191 e. The fourth-order valence-electron chi connectivity index (χ4n) is 0.550. The Hall–Kier alpha value is 0.260. The molecule has 1 aromatic heterocycles. The summed E-state index contributed by atoms with van der Waals surface area (Å²) < 4.78 is 13.0. The SMILES string of the molecule is O=C(CBr)c1cc(Br)c(F)s1. The van der Waals surface area contributed by atoms with Gasteiger partial charge in [-0.3, -0.25) is 4.79 Å². The molecule has 0 fully saturated rings. The standard InChI is InChI=1S/C6H3Br2FOS/c7-2-4(10)5-1-3(8)6(9)11-5/h1H,2H2. The predicted octanol–water partition coefficient (Wildman–Crippen LogP) is 3.23. The van der Waals surface area contributed by atoms with Gasteiger partial charge in [-0.1, -0.05) is 15.9 Å². The molecular weight excluding hydrogens is 299 g/mol. The van der Waals surface area contributed by atoms with Crippen LogP contribution >= 0.6 is 43.2 Å². The van der Waals surface area contributed by atoms with E-state index in [-0.39, 0.29) is 16.2 Å². The third-order valence-electron chi connectivity index (χ3n) is 1.04. The van der Waals surface area contributed by atoms with Crippen LogP contribution in [0.3, 0.4) is 0 Å². The number of ketones is 1. The van der Waals surface area contributed by atoms with E-state index in [2.05, 4.69) is 31.9 Å². The fraction of sp³-hybridized carbons (Fsp3) is 0.167. The second kappa shape index (κ2) is 3.78. The minimum atomic E-state index is -0.352. The van der Waals surface area contributed by atoms with Crippen molar-refractivity contribution in [3.63, 3.8) is 0 Å². The summed E-state index contributed by atoms with van der Waals surface area (Å²) in [5, 5.41) is -0.117. The van der Waals surface area contributed by atoms with E-state index >= 15 is 0 Å². The van der Waals surface area contributed by atoms with Gasteiger partial charge in [0, 0.05) is 0 Å². The topological polar surface area (TPSA) is 17.1 Å². The number of hydrogen-bond acceptors (Lipinski definition) is 2. The van der Waals surface area contributed by atoms with Gasteiger partial charge < -0.3 is 0 Å². The van der Waals surface area contributed by atoms with Gasteiger partial charge in [-0.05, 0) is 22.0 Å². The van der Waals surface area contributed by atoms with Gasteiger partial charge in [0.25, 0.3) is 0 Å². The molecule has 0 N–H and O–H groups in total. The highest BCUT2D eigenvalue weighted by atomic mass is 79.9. The molecule has 0 unspecified atom stereocenters. The Bertz CT molecular complexity index is 265. The van der Waals surface area contributed by atoms with Crippen molar-refractivity contribution >= 4 is 49.0 Å². The summed E-state index contributed by atoms with van der Waals surface area (Å²) in [6.07, 6.45) is 0. The molecular formula is C6H3Br2FOS. The molecule has 60 valence electrons. The van der Waals surface area contributed by atoms with Gasteiger partial charge in [-0.2, -0.15) is 4.39 Å². The zero-order valence-electron chi connectivity index (χ0n) is 5.23. The molecule has 5 heteroatoms. The number of hydrogen-bond donors (Lipinski definition) is 0. The number of carbonyl (C=O) groups excluding carboxylic acids is 1. The van der Waals surface area contributed by atoms with Crippen molar-refractivity contribution in [2.24, 2.45) is 0 Å². The van der Waals surface area contributed by atoms with Gasteiger partial charge >= 0.3 is 0 Å². The number of thiophene rings is 1. The molecule has 0 radical (unpaired) electrons. The predicted molar refractivity (Wildman–Crippen MR) is 50.1 cm³/mol. The highest BCUT2D eigenvalue weighted by Crippen LogP contribution is 2.25. The van der Waals surface area contributed by atoms with Crippen molar-refractivity contribution in [1.29, 1.82) is 0 Å². The summed E-state index contributed by atoms with van der Waals surface area (Å²) in [6, 6.07) is 1.49. The number of halogens is 3. The van der Waals surface area contributed by atoms with Crippen molar-refractivity contribution < 1.29 is 9.18 Å². The van der Waals surface area contributed by atoms with Crippen molar-refractivity contribution in [2.45, 2.75) is 0 Å². The van der Waals surface area contributed by atoms with Crippen LogP contribution in [-0.2, 0) is 0 Å². The van der Waals surface area contributed by atoms with E-state index in [0.29, 0.717) is 9.35 Å². The average molecular weight is 302 g/mol. The molecule has 0 atom stereocenters. The number of rotatable bonds is 2. The van der Waals surface area contributed by atoms with Gasteiger partial charge in [0.2, 0.25) is 0 Å². The summed E-state index contributed by atoms with van der Waals surface area (Å²) >= 11 is 6.84. The first kappa shape index (κ1) is 9.35. The molecule has 0 aliphatic heterocycles. The highest BCUT2D eigenvalue weighted by Gasteiger charge is 2.11. The lowest BCUT2D eigenvalue weighted by atomic mass is 10.4. The second-order valence-electron chi connectivity index (χ2n) is 1.79. The minimum Gasteiger partial charge on any atom is -0.292 e. The van der Waals surface area contributed by atoms with Crippen LogP contribution in [0.1, 0.15) is 9.67 Å². The van der Waals surface area contributed by atoms with Crippen LogP contribution in [0.2, 0.25) is 0 Å². The van der Waals surface area contributed by atoms with Crippen LogP contribution in [-0.4, -0.2) is 11.1 Å². The van der Waals surface area contributed by atoms with Gasteiger partial charge in [0.15, 0.2) is 10.9 Å². The second-order valence-corrected chi connectivity index (χ2v) is 4.21. The van der Waals surface area contributed by atoms with Crippen LogP contribution in [0.5, 0.6) is 0 Å². The molecule has 1 aromatic rings. The van der Waals surface area contributed by atoms with Crippen molar-refractivity contribution in [2.75, 3.05) is 5.33 Å². The third-order valence-corrected chi connectivity index (χ3v) is 3.35. The first-order valence-electron chi connectivity index (χ1n) is 2.69. The molecule has 0 spiro atoms. The van der Waals surface area contributed by atoms with Crippen molar-refractivity contribution in [3.8, 4) is 0 Å². The Kier molecular flexibility index (Phi) is 3.21. The lowest BCUT2D eigenvalue weighted by molar-refractivity contribution is 0.102. The first-order chi connectivity index (χ1) is 5.15. The Balaban J connectivity index is 2.97. The van der Waals surface area contributed by atoms with E-state index in [1.165, 1.54) is 6.07 Å². The Labute approximate surface area is 83.9 Å². The molecule has 0 aliphatic rings. The Morgan fingerprint density at radius 3 is 2.73 bits per heavy atom. The monoisotopic (exact) mass is 300 g/mol. The quantitative estimate of drug-likeness (QED) is 0.605. The Morgan fingerprint density at radius 1 is 1.73 bits per heavy atom. The van der Waals surface area contributed by atoms with E-state index in [1.54, 1.807) is 0 Å². The summed E-state index contributed by atoms with van der Waals surface area (Å²) in [5.74, 6) is -0.0976. The van der Waals surface area contributed by atoms with Crippen LogP contribution in [0.15, 0.2) is 10.5 Å². The zero-order chi connectivity index (χ0) is 8.43. The van der Waals surface area contributed by atoms with Crippen LogP contribution < -0.4 is 0 Å². The maximum absolute atomic E-state index is 12.6. The van der Waals surface area contributed by atoms with Gasteiger partial charge in [-0.15, -0.1) is 11.3 Å². The lowest BCUT2D eigenvalue weighted by Crippen LogP contribution is -1.94. The Morgan fingerprint density at radius 2 is 2.36 bits per heavy atom. The van der Waals surface area contributed by atoms with E-state index in [0.717, 1.165) is 11.3 Å². The largest absolute Gasteiger partial charge is 0.292 e. The molecule has 0 amide bonds. The number of Topliss-reactive ketones (excluding diaryl/α,β-unsaturated/α-hetero) is 1. The normalized spacial score (nSPS) is 10.1. The van der Waals surface area contributed by atoms with Crippen molar-refractivity contribution in [1.82, 2.24) is 0 Å².